The molecule has 0 aliphatic rings. The zero-order chi connectivity index (χ0) is 12.7. The first kappa shape index (κ1) is 13.7. The van der Waals surface area contributed by atoms with Crippen molar-refractivity contribution < 1.29 is 9.53 Å². The van der Waals surface area contributed by atoms with Gasteiger partial charge in [-0.1, -0.05) is 12.1 Å². The topological polar surface area (TPSA) is 52.3 Å². The summed E-state index contributed by atoms with van der Waals surface area (Å²) in [5.74, 6) is 0.914. The molecule has 0 bridgehead atoms. The minimum absolute atomic E-state index is 0.123. The molecule has 2 N–H and O–H groups in total. The van der Waals surface area contributed by atoms with Crippen LogP contribution in [0.4, 0.5) is 0 Å². The molecule has 1 aromatic carbocycles. The molecule has 0 aromatic heterocycles. The normalized spacial score (nSPS) is 10.6. The van der Waals surface area contributed by atoms with Crippen LogP contribution in [-0.4, -0.2) is 18.4 Å². The fourth-order valence-corrected chi connectivity index (χ4v) is 1.59. The molecule has 0 saturated carbocycles. The zero-order valence-electron chi connectivity index (χ0n) is 10.6. The fourth-order valence-electron chi connectivity index (χ4n) is 1.59. The molecule has 0 aliphatic carbocycles. The van der Waals surface area contributed by atoms with Crippen LogP contribution in [0.5, 0.6) is 5.75 Å². The summed E-state index contributed by atoms with van der Waals surface area (Å²) < 4.78 is 5.56. The SMILES string of the molecule is CC(C)Oc1cccc(C(=O)CCCCN)c1. The summed E-state index contributed by atoms with van der Waals surface area (Å²) in [6.07, 6.45) is 2.43. The van der Waals surface area contributed by atoms with Gasteiger partial charge < -0.3 is 10.5 Å². The minimum Gasteiger partial charge on any atom is -0.491 e. The van der Waals surface area contributed by atoms with Gasteiger partial charge in [-0.3, -0.25) is 4.79 Å². The lowest BCUT2D eigenvalue weighted by molar-refractivity contribution is 0.0979. The standard InChI is InChI=1S/C14H21NO2/c1-11(2)17-13-7-5-6-12(10-13)14(16)8-3-4-9-15/h5-7,10-11H,3-4,8-9,15H2,1-2H3. The van der Waals surface area contributed by atoms with Crippen molar-refractivity contribution in [3.63, 3.8) is 0 Å². The number of rotatable bonds is 7. The maximum Gasteiger partial charge on any atom is 0.163 e. The quantitative estimate of drug-likeness (QED) is 0.584. The molecule has 0 radical (unpaired) electrons. The van der Waals surface area contributed by atoms with Crippen molar-refractivity contribution in [2.45, 2.75) is 39.2 Å². The second-order valence-corrected chi connectivity index (χ2v) is 4.36. The Balaban J connectivity index is 2.60. The number of carbonyl (C=O) groups is 1. The van der Waals surface area contributed by atoms with E-state index in [4.69, 9.17) is 10.5 Å². The first-order chi connectivity index (χ1) is 8.13. The van der Waals surface area contributed by atoms with Crippen LogP contribution in [0.15, 0.2) is 24.3 Å². The average molecular weight is 235 g/mol. The van der Waals surface area contributed by atoms with Crippen molar-refractivity contribution in [2.75, 3.05) is 6.54 Å². The number of benzene rings is 1. The Morgan fingerprint density at radius 1 is 1.35 bits per heavy atom. The summed E-state index contributed by atoms with van der Waals surface area (Å²) in [5.41, 5.74) is 6.12. The minimum atomic E-state index is 0.123. The van der Waals surface area contributed by atoms with E-state index in [1.54, 1.807) is 0 Å². The van der Waals surface area contributed by atoms with Crippen molar-refractivity contribution in [1.29, 1.82) is 0 Å². The van der Waals surface area contributed by atoms with Crippen molar-refractivity contribution >= 4 is 5.78 Å². The highest BCUT2D eigenvalue weighted by molar-refractivity contribution is 5.96. The van der Waals surface area contributed by atoms with E-state index in [2.05, 4.69) is 0 Å². The van der Waals surface area contributed by atoms with Gasteiger partial charge in [-0.25, -0.2) is 0 Å². The van der Waals surface area contributed by atoms with Gasteiger partial charge in [-0.2, -0.15) is 0 Å². The Morgan fingerprint density at radius 3 is 2.76 bits per heavy atom. The molecule has 17 heavy (non-hydrogen) atoms. The van der Waals surface area contributed by atoms with Crippen LogP contribution in [0.1, 0.15) is 43.5 Å². The van der Waals surface area contributed by atoms with E-state index in [1.807, 2.05) is 38.1 Å². The smallest absolute Gasteiger partial charge is 0.163 e. The molecule has 0 amide bonds. The van der Waals surface area contributed by atoms with Crippen LogP contribution in [0.3, 0.4) is 0 Å². The number of unbranched alkanes of at least 4 members (excludes halogenated alkanes) is 1. The van der Waals surface area contributed by atoms with Crippen LogP contribution in [0.2, 0.25) is 0 Å². The number of hydrogen-bond donors (Lipinski definition) is 1. The molecule has 3 nitrogen and oxygen atoms in total. The van der Waals surface area contributed by atoms with Gasteiger partial charge in [0.25, 0.3) is 0 Å². The number of Topliss-reactive ketones (excluding diaryl/α,β-unsaturated/α-hetero) is 1. The van der Waals surface area contributed by atoms with E-state index in [0.717, 1.165) is 24.2 Å². The molecule has 1 rings (SSSR count). The van der Waals surface area contributed by atoms with Gasteiger partial charge in [0.2, 0.25) is 0 Å². The zero-order valence-corrected chi connectivity index (χ0v) is 10.6. The highest BCUT2D eigenvalue weighted by atomic mass is 16.5. The molecule has 94 valence electrons. The monoisotopic (exact) mass is 235 g/mol. The second kappa shape index (κ2) is 7.07. The van der Waals surface area contributed by atoms with Gasteiger partial charge in [0, 0.05) is 12.0 Å². The van der Waals surface area contributed by atoms with Crippen LogP contribution in [0, 0.1) is 0 Å². The highest BCUT2D eigenvalue weighted by Crippen LogP contribution is 2.16. The van der Waals surface area contributed by atoms with E-state index in [-0.39, 0.29) is 11.9 Å². The molecular formula is C14H21NO2. The molecule has 0 heterocycles. The molecule has 0 aliphatic heterocycles. The largest absolute Gasteiger partial charge is 0.491 e. The first-order valence-corrected chi connectivity index (χ1v) is 6.13. The predicted molar refractivity (Wildman–Crippen MR) is 69.4 cm³/mol. The third-order valence-corrected chi connectivity index (χ3v) is 2.39. The highest BCUT2D eigenvalue weighted by Gasteiger charge is 2.07. The van der Waals surface area contributed by atoms with Gasteiger partial charge in [-0.15, -0.1) is 0 Å². The van der Waals surface area contributed by atoms with Crippen molar-refractivity contribution in [2.24, 2.45) is 5.73 Å². The first-order valence-electron chi connectivity index (χ1n) is 6.13. The molecule has 0 atom stereocenters. The van der Waals surface area contributed by atoms with E-state index in [1.165, 1.54) is 0 Å². The predicted octanol–water partition coefficient (Wildman–Crippen LogP) is 2.79. The molecule has 0 unspecified atom stereocenters. The van der Waals surface area contributed by atoms with E-state index >= 15 is 0 Å². The van der Waals surface area contributed by atoms with E-state index < -0.39 is 0 Å². The lowest BCUT2D eigenvalue weighted by Gasteiger charge is -2.10. The Bertz CT molecular complexity index is 361. The van der Waals surface area contributed by atoms with Gasteiger partial charge in [-0.05, 0) is 45.4 Å². The summed E-state index contributed by atoms with van der Waals surface area (Å²) in [4.78, 5) is 11.9. The van der Waals surface area contributed by atoms with E-state index in [9.17, 15) is 4.79 Å². The Kier molecular flexibility index (Phi) is 5.70. The summed E-state index contributed by atoms with van der Waals surface area (Å²) in [6.45, 7) is 4.58. The van der Waals surface area contributed by atoms with Gasteiger partial charge in [0.05, 0.1) is 6.10 Å². The summed E-state index contributed by atoms with van der Waals surface area (Å²) in [6, 6.07) is 7.37. The summed E-state index contributed by atoms with van der Waals surface area (Å²) >= 11 is 0. The number of ketones is 1. The number of hydrogen-bond acceptors (Lipinski definition) is 3. The lowest BCUT2D eigenvalue weighted by Crippen LogP contribution is -2.07. The van der Waals surface area contributed by atoms with Crippen molar-refractivity contribution in [1.82, 2.24) is 0 Å². The van der Waals surface area contributed by atoms with Gasteiger partial charge in [0.15, 0.2) is 5.78 Å². The van der Waals surface area contributed by atoms with E-state index in [0.29, 0.717) is 13.0 Å². The molecular weight excluding hydrogens is 214 g/mol. The average Bonchev–Trinajstić information content (AvgIpc) is 2.28. The van der Waals surface area contributed by atoms with Gasteiger partial charge >= 0.3 is 0 Å². The van der Waals surface area contributed by atoms with Crippen LogP contribution in [-0.2, 0) is 0 Å². The second-order valence-electron chi connectivity index (χ2n) is 4.36. The molecule has 3 heteroatoms. The summed E-state index contributed by atoms with van der Waals surface area (Å²) in [7, 11) is 0. The molecule has 0 fully saturated rings. The summed E-state index contributed by atoms with van der Waals surface area (Å²) in [5, 5.41) is 0. The molecule has 1 aromatic rings. The third kappa shape index (κ3) is 5.00. The molecule has 0 spiro atoms. The number of ether oxygens (including phenoxy) is 1. The Hall–Kier alpha value is -1.35. The number of nitrogens with two attached hydrogens (primary N) is 1. The molecule has 0 saturated heterocycles. The van der Waals surface area contributed by atoms with Gasteiger partial charge in [0.1, 0.15) is 5.75 Å². The third-order valence-electron chi connectivity index (χ3n) is 2.39. The van der Waals surface area contributed by atoms with Crippen LogP contribution in [0.25, 0.3) is 0 Å². The van der Waals surface area contributed by atoms with Crippen LogP contribution < -0.4 is 10.5 Å². The van der Waals surface area contributed by atoms with Crippen LogP contribution >= 0.6 is 0 Å². The Morgan fingerprint density at radius 2 is 2.12 bits per heavy atom. The van der Waals surface area contributed by atoms with Crippen molar-refractivity contribution in [3.8, 4) is 5.75 Å². The lowest BCUT2D eigenvalue weighted by atomic mass is 10.1. The fraction of sp³-hybridized carbons (Fsp3) is 0.500. The maximum atomic E-state index is 11.9. The number of carbonyl (C=O) groups excluding carboxylic acids is 1. The Labute approximate surface area is 103 Å². The van der Waals surface area contributed by atoms with Crippen molar-refractivity contribution in [3.05, 3.63) is 29.8 Å². The maximum absolute atomic E-state index is 11.9.